The van der Waals surface area contributed by atoms with Gasteiger partial charge in [-0.15, -0.1) is 0 Å². The molecule has 0 bridgehead atoms. The van der Waals surface area contributed by atoms with Gasteiger partial charge in [-0.1, -0.05) is 26.2 Å². The fourth-order valence-corrected chi connectivity index (χ4v) is 1.59. The summed E-state index contributed by atoms with van der Waals surface area (Å²) in [5, 5.41) is 7.00. The molecule has 1 N–H and O–H groups in total. The summed E-state index contributed by atoms with van der Waals surface area (Å²) in [6, 6.07) is 0. The summed E-state index contributed by atoms with van der Waals surface area (Å²) in [4.78, 5) is 2.51. The molecular formula is C11H25NO2. The molecule has 0 unspecified atom stereocenters. The Morgan fingerprint density at radius 3 is 2.29 bits per heavy atom. The van der Waals surface area contributed by atoms with Crippen LogP contribution < -0.4 is 0 Å². The molecule has 1 aliphatic rings. The van der Waals surface area contributed by atoms with E-state index in [1.807, 2.05) is 0 Å². The van der Waals surface area contributed by atoms with Gasteiger partial charge in [0.1, 0.15) is 0 Å². The summed E-state index contributed by atoms with van der Waals surface area (Å²) in [6.07, 6.45) is 5.50. The Bertz CT molecular complexity index is 103. The number of ether oxygens (including phenoxy) is 1. The average Bonchev–Trinajstić information content (AvgIpc) is 2.29. The average molecular weight is 203 g/mol. The summed E-state index contributed by atoms with van der Waals surface area (Å²) in [7, 11) is 1.00. The number of hydrogen-bond donors (Lipinski definition) is 1. The molecule has 0 aromatic heterocycles. The van der Waals surface area contributed by atoms with E-state index in [1.54, 1.807) is 0 Å². The van der Waals surface area contributed by atoms with E-state index in [1.165, 1.54) is 32.2 Å². The third kappa shape index (κ3) is 7.30. The predicted molar refractivity (Wildman–Crippen MR) is 59.5 cm³/mol. The van der Waals surface area contributed by atoms with Crippen molar-refractivity contribution in [1.29, 1.82) is 0 Å². The molecule has 1 fully saturated rings. The summed E-state index contributed by atoms with van der Waals surface area (Å²) in [5.41, 5.74) is 0. The Balaban J connectivity index is 0.000000791. The monoisotopic (exact) mass is 203 g/mol. The molecule has 0 aromatic rings. The van der Waals surface area contributed by atoms with Crippen LogP contribution in [-0.4, -0.2) is 50.0 Å². The van der Waals surface area contributed by atoms with Gasteiger partial charge in [0, 0.05) is 20.2 Å². The molecule has 0 spiro atoms. The molecule has 1 rings (SSSR count). The molecule has 1 saturated heterocycles. The summed E-state index contributed by atoms with van der Waals surface area (Å²) in [6.45, 7) is 7.71. The van der Waals surface area contributed by atoms with Gasteiger partial charge < -0.3 is 9.84 Å². The number of unbranched alkanes of at least 4 members (excludes halogenated alkanes) is 3. The van der Waals surface area contributed by atoms with Crippen molar-refractivity contribution >= 4 is 0 Å². The van der Waals surface area contributed by atoms with Crippen molar-refractivity contribution in [3.8, 4) is 0 Å². The number of morpholine rings is 1. The predicted octanol–water partition coefficient (Wildman–Crippen LogP) is 1.51. The number of aliphatic hydroxyl groups excluding tert-OH is 1. The minimum absolute atomic E-state index is 0.938. The van der Waals surface area contributed by atoms with Crippen LogP contribution in [-0.2, 0) is 4.74 Å². The van der Waals surface area contributed by atoms with Gasteiger partial charge in [0.2, 0.25) is 0 Å². The second kappa shape index (κ2) is 11.0. The molecule has 14 heavy (non-hydrogen) atoms. The van der Waals surface area contributed by atoms with Crippen molar-refractivity contribution in [1.82, 2.24) is 4.90 Å². The summed E-state index contributed by atoms with van der Waals surface area (Å²) < 4.78 is 5.29. The van der Waals surface area contributed by atoms with E-state index in [-0.39, 0.29) is 0 Å². The van der Waals surface area contributed by atoms with Gasteiger partial charge in [-0.25, -0.2) is 0 Å². The Morgan fingerprint density at radius 2 is 1.71 bits per heavy atom. The number of rotatable bonds is 5. The number of hydrogen-bond acceptors (Lipinski definition) is 3. The molecule has 0 aliphatic carbocycles. The Kier molecular flexibility index (Phi) is 10.9. The molecule has 0 amide bonds. The van der Waals surface area contributed by atoms with Crippen LogP contribution in [0.2, 0.25) is 0 Å². The standard InChI is InChI=1S/C10H21NO.CH4O/c1-2-3-4-5-6-11-7-9-12-10-8-11;1-2/h2-10H2,1H3;2H,1H3. The Labute approximate surface area is 88.1 Å². The molecule has 1 aliphatic heterocycles. The van der Waals surface area contributed by atoms with E-state index in [0.717, 1.165) is 33.4 Å². The topological polar surface area (TPSA) is 32.7 Å². The first kappa shape index (κ1) is 13.9. The highest BCUT2D eigenvalue weighted by molar-refractivity contribution is 4.61. The zero-order chi connectivity index (χ0) is 10.6. The molecule has 1 heterocycles. The molecule has 86 valence electrons. The van der Waals surface area contributed by atoms with Crippen LogP contribution in [0.5, 0.6) is 0 Å². The highest BCUT2D eigenvalue weighted by Crippen LogP contribution is 2.03. The molecule has 3 heteroatoms. The van der Waals surface area contributed by atoms with Crippen LogP contribution >= 0.6 is 0 Å². The maximum atomic E-state index is 7.00. The van der Waals surface area contributed by atoms with Gasteiger partial charge in [0.25, 0.3) is 0 Å². The number of aliphatic hydroxyl groups is 1. The van der Waals surface area contributed by atoms with Crippen molar-refractivity contribution in [3.63, 3.8) is 0 Å². The van der Waals surface area contributed by atoms with Crippen molar-refractivity contribution in [3.05, 3.63) is 0 Å². The van der Waals surface area contributed by atoms with Gasteiger partial charge in [-0.05, 0) is 13.0 Å². The Hall–Kier alpha value is -0.120. The van der Waals surface area contributed by atoms with E-state index in [0.29, 0.717) is 0 Å². The fraction of sp³-hybridized carbons (Fsp3) is 1.00. The first-order valence-corrected chi connectivity index (χ1v) is 5.68. The van der Waals surface area contributed by atoms with Crippen LogP contribution in [0.3, 0.4) is 0 Å². The highest BCUT2D eigenvalue weighted by atomic mass is 16.5. The zero-order valence-corrected chi connectivity index (χ0v) is 9.67. The van der Waals surface area contributed by atoms with Crippen LogP contribution in [0.15, 0.2) is 0 Å². The lowest BCUT2D eigenvalue weighted by molar-refractivity contribution is 0.0371. The van der Waals surface area contributed by atoms with Gasteiger partial charge in [-0.3, -0.25) is 4.90 Å². The largest absolute Gasteiger partial charge is 0.400 e. The summed E-state index contributed by atoms with van der Waals surface area (Å²) in [5.74, 6) is 0. The van der Waals surface area contributed by atoms with E-state index in [2.05, 4.69) is 11.8 Å². The van der Waals surface area contributed by atoms with Crippen molar-refractivity contribution in [2.45, 2.75) is 32.6 Å². The number of nitrogens with zero attached hydrogens (tertiary/aromatic N) is 1. The minimum Gasteiger partial charge on any atom is -0.400 e. The van der Waals surface area contributed by atoms with E-state index >= 15 is 0 Å². The first-order chi connectivity index (χ1) is 6.93. The second-order valence-electron chi connectivity index (χ2n) is 3.51. The van der Waals surface area contributed by atoms with E-state index < -0.39 is 0 Å². The van der Waals surface area contributed by atoms with Crippen molar-refractivity contribution < 1.29 is 9.84 Å². The molecular weight excluding hydrogens is 178 g/mol. The quantitative estimate of drug-likeness (QED) is 0.687. The normalized spacial score (nSPS) is 17.4. The van der Waals surface area contributed by atoms with Crippen molar-refractivity contribution in [2.24, 2.45) is 0 Å². The Morgan fingerprint density at radius 1 is 1.07 bits per heavy atom. The van der Waals surface area contributed by atoms with Crippen LogP contribution in [0.1, 0.15) is 32.6 Å². The first-order valence-electron chi connectivity index (χ1n) is 5.68. The van der Waals surface area contributed by atoms with Gasteiger partial charge in [-0.2, -0.15) is 0 Å². The molecule has 3 nitrogen and oxygen atoms in total. The van der Waals surface area contributed by atoms with Crippen LogP contribution in [0.25, 0.3) is 0 Å². The SMILES string of the molecule is CCCCCCN1CCOCC1.CO. The van der Waals surface area contributed by atoms with Crippen LogP contribution in [0.4, 0.5) is 0 Å². The maximum absolute atomic E-state index is 7.00. The smallest absolute Gasteiger partial charge is 0.0594 e. The van der Waals surface area contributed by atoms with E-state index in [4.69, 9.17) is 9.84 Å². The minimum atomic E-state index is 0.938. The lowest BCUT2D eigenvalue weighted by atomic mass is 10.2. The second-order valence-corrected chi connectivity index (χ2v) is 3.51. The van der Waals surface area contributed by atoms with Crippen LogP contribution in [0, 0.1) is 0 Å². The molecule has 0 saturated carbocycles. The summed E-state index contributed by atoms with van der Waals surface area (Å²) >= 11 is 0. The highest BCUT2D eigenvalue weighted by Gasteiger charge is 2.08. The third-order valence-electron chi connectivity index (χ3n) is 2.43. The van der Waals surface area contributed by atoms with Gasteiger partial charge in [0.15, 0.2) is 0 Å². The van der Waals surface area contributed by atoms with Crippen molar-refractivity contribution in [2.75, 3.05) is 40.0 Å². The molecule has 0 radical (unpaired) electrons. The zero-order valence-electron chi connectivity index (χ0n) is 9.67. The van der Waals surface area contributed by atoms with Gasteiger partial charge in [0.05, 0.1) is 13.2 Å². The lowest BCUT2D eigenvalue weighted by Crippen LogP contribution is -2.36. The molecule has 0 aromatic carbocycles. The third-order valence-corrected chi connectivity index (χ3v) is 2.43. The van der Waals surface area contributed by atoms with E-state index in [9.17, 15) is 0 Å². The lowest BCUT2D eigenvalue weighted by Gasteiger charge is -2.26. The fourth-order valence-electron chi connectivity index (χ4n) is 1.59. The maximum Gasteiger partial charge on any atom is 0.0594 e. The van der Waals surface area contributed by atoms with Gasteiger partial charge >= 0.3 is 0 Å². The molecule has 0 atom stereocenters.